The minimum Gasteiger partial charge on any atom is -0.330 e. The molecule has 0 atom stereocenters. The molecule has 0 unspecified atom stereocenters. The molecule has 166 valence electrons. The average Bonchev–Trinajstić information content (AvgIpc) is 3.38. The van der Waals surface area contributed by atoms with Crippen LogP contribution in [0.1, 0.15) is 21.9 Å². The first-order chi connectivity index (χ1) is 16.4. The highest BCUT2D eigenvalue weighted by atomic mass is 19.1. The van der Waals surface area contributed by atoms with Gasteiger partial charge in [0.25, 0.3) is 5.91 Å². The van der Waals surface area contributed by atoms with E-state index in [1.54, 1.807) is 28.9 Å². The molecule has 9 nitrogen and oxygen atoms in total. The van der Waals surface area contributed by atoms with Crippen molar-refractivity contribution in [3.8, 4) is 28.7 Å². The SMILES string of the molecule is Cc1nc(-c2ccc(F)cc2)c(-c2ccc3nc(NC(=O)c4ccc(C#N)nc4)cn3n2)n1C. The summed E-state index contributed by atoms with van der Waals surface area (Å²) in [5.41, 5.74) is 3.95. The van der Waals surface area contributed by atoms with E-state index in [0.29, 0.717) is 28.4 Å². The van der Waals surface area contributed by atoms with Crippen molar-refractivity contribution >= 4 is 17.4 Å². The average molecular weight is 452 g/mol. The number of carbonyl (C=O) groups excluding carboxylic acids is 1. The Kier molecular flexibility index (Phi) is 5.07. The first-order valence-corrected chi connectivity index (χ1v) is 10.3. The van der Waals surface area contributed by atoms with Crippen molar-refractivity contribution < 1.29 is 9.18 Å². The van der Waals surface area contributed by atoms with Crippen molar-refractivity contribution in [2.24, 2.45) is 7.05 Å². The van der Waals surface area contributed by atoms with E-state index in [9.17, 15) is 9.18 Å². The Hall–Kier alpha value is -4.91. The minimum atomic E-state index is -0.401. The Morgan fingerprint density at radius 3 is 2.59 bits per heavy atom. The fourth-order valence-corrected chi connectivity index (χ4v) is 3.56. The summed E-state index contributed by atoms with van der Waals surface area (Å²) in [4.78, 5) is 25.5. The molecule has 1 aromatic carbocycles. The Labute approximate surface area is 193 Å². The number of amides is 1. The third-order valence-corrected chi connectivity index (χ3v) is 5.38. The highest BCUT2D eigenvalue weighted by Crippen LogP contribution is 2.31. The van der Waals surface area contributed by atoms with Crippen molar-refractivity contribution in [3.63, 3.8) is 0 Å². The molecule has 1 N–H and O–H groups in total. The molecule has 4 heterocycles. The third-order valence-electron chi connectivity index (χ3n) is 5.38. The van der Waals surface area contributed by atoms with Crippen LogP contribution in [0, 0.1) is 24.1 Å². The Morgan fingerprint density at radius 1 is 1.09 bits per heavy atom. The van der Waals surface area contributed by atoms with Crippen LogP contribution in [0.5, 0.6) is 0 Å². The molecule has 0 aliphatic rings. The van der Waals surface area contributed by atoms with E-state index in [4.69, 9.17) is 5.26 Å². The second-order valence-corrected chi connectivity index (χ2v) is 7.57. The summed E-state index contributed by atoms with van der Waals surface area (Å²) >= 11 is 0. The van der Waals surface area contributed by atoms with Crippen LogP contribution in [0.25, 0.3) is 28.3 Å². The van der Waals surface area contributed by atoms with Gasteiger partial charge in [0.05, 0.1) is 23.1 Å². The highest BCUT2D eigenvalue weighted by molar-refractivity contribution is 6.03. The third kappa shape index (κ3) is 3.75. The zero-order valence-corrected chi connectivity index (χ0v) is 18.2. The second kappa shape index (κ2) is 8.22. The Morgan fingerprint density at radius 2 is 1.88 bits per heavy atom. The van der Waals surface area contributed by atoms with E-state index in [-0.39, 0.29) is 11.5 Å². The van der Waals surface area contributed by atoms with Crippen LogP contribution in [0.4, 0.5) is 10.2 Å². The van der Waals surface area contributed by atoms with Gasteiger partial charge in [-0.15, -0.1) is 0 Å². The molecule has 0 bridgehead atoms. The number of nitriles is 1. The number of anilines is 1. The van der Waals surface area contributed by atoms with Crippen LogP contribution in [0.2, 0.25) is 0 Å². The quantitative estimate of drug-likeness (QED) is 0.444. The highest BCUT2D eigenvalue weighted by Gasteiger charge is 2.18. The van der Waals surface area contributed by atoms with Crippen LogP contribution in [-0.4, -0.2) is 35.0 Å². The first-order valence-electron chi connectivity index (χ1n) is 10.3. The van der Waals surface area contributed by atoms with E-state index in [0.717, 1.165) is 17.1 Å². The van der Waals surface area contributed by atoms with E-state index >= 15 is 0 Å². The van der Waals surface area contributed by atoms with Gasteiger partial charge in [-0.3, -0.25) is 4.79 Å². The number of nitrogens with one attached hydrogen (secondary N) is 1. The molecule has 1 amide bonds. The maximum absolute atomic E-state index is 13.4. The van der Waals surface area contributed by atoms with Gasteiger partial charge >= 0.3 is 0 Å². The number of rotatable bonds is 4. The van der Waals surface area contributed by atoms with Crippen molar-refractivity contribution in [1.29, 1.82) is 5.26 Å². The van der Waals surface area contributed by atoms with Gasteiger partial charge < -0.3 is 9.88 Å². The van der Waals surface area contributed by atoms with Crippen molar-refractivity contribution in [2.75, 3.05) is 5.32 Å². The van der Waals surface area contributed by atoms with Gasteiger partial charge in [-0.1, -0.05) is 0 Å². The molecule has 10 heteroatoms. The van der Waals surface area contributed by atoms with E-state index in [1.165, 1.54) is 30.5 Å². The molecular weight excluding hydrogens is 435 g/mol. The topological polar surface area (TPSA) is 114 Å². The van der Waals surface area contributed by atoms with Crippen molar-refractivity contribution in [3.05, 3.63) is 83.8 Å². The summed E-state index contributed by atoms with van der Waals surface area (Å²) < 4.78 is 16.9. The van der Waals surface area contributed by atoms with Gasteiger partial charge in [0.1, 0.15) is 29.1 Å². The number of pyridine rings is 1. The summed E-state index contributed by atoms with van der Waals surface area (Å²) in [5.74, 6) is 0.383. The molecule has 0 radical (unpaired) electrons. The van der Waals surface area contributed by atoms with E-state index < -0.39 is 5.91 Å². The van der Waals surface area contributed by atoms with Gasteiger partial charge in [0.2, 0.25) is 0 Å². The molecular formula is C24H17FN8O. The molecule has 4 aromatic heterocycles. The van der Waals surface area contributed by atoms with Crippen LogP contribution >= 0.6 is 0 Å². The van der Waals surface area contributed by atoms with E-state index in [2.05, 4.69) is 25.4 Å². The number of carbonyl (C=O) groups is 1. The second-order valence-electron chi connectivity index (χ2n) is 7.57. The van der Waals surface area contributed by atoms with Crippen LogP contribution < -0.4 is 5.32 Å². The van der Waals surface area contributed by atoms with Gasteiger partial charge in [-0.25, -0.2) is 23.9 Å². The Bertz CT molecular complexity index is 1580. The lowest BCUT2D eigenvalue weighted by molar-refractivity contribution is 0.102. The normalized spacial score (nSPS) is 10.9. The number of benzene rings is 1. The lowest BCUT2D eigenvalue weighted by Gasteiger charge is -2.07. The molecule has 0 fully saturated rings. The monoisotopic (exact) mass is 452 g/mol. The number of imidazole rings is 2. The summed E-state index contributed by atoms with van der Waals surface area (Å²) in [6, 6.07) is 14.7. The summed E-state index contributed by atoms with van der Waals surface area (Å²) in [6.45, 7) is 1.89. The molecule has 0 spiro atoms. The minimum absolute atomic E-state index is 0.228. The fourth-order valence-electron chi connectivity index (χ4n) is 3.56. The molecule has 0 aliphatic carbocycles. The molecule has 0 saturated heterocycles. The molecule has 0 saturated carbocycles. The standard InChI is InChI=1S/C24H17FN8O/c1-14-28-22(15-3-6-17(25)7-4-15)23(32(14)2)19-9-10-21-29-20(13-33(21)31-19)30-24(34)16-5-8-18(11-26)27-12-16/h3-10,12-13H,1-2H3,(H,30,34). The Balaban J connectivity index is 1.48. The zero-order chi connectivity index (χ0) is 23.8. The van der Waals surface area contributed by atoms with Crippen LogP contribution in [0.15, 0.2) is 60.9 Å². The number of halogens is 1. The van der Waals surface area contributed by atoms with Gasteiger partial charge in [0.15, 0.2) is 11.5 Å². The van der Waals surface area contributed by atoms with Crippen molar-refractivity contribution in [1.82, 2.24) is 29.1 Å². The lowest BCUT2D eigenvalue weighted by atomic mass is 10.1. The smallest absolute Gasteiger partial charge is 0.258 e. The first kappa shape index (κ1) is 21.0. The maximum Gasteiger partial charge on any atom is 0.258 e. The van der Waals surface area contributed by atoms with Crippen LogP contribution in [-0.2, 0) is 7.05 Å². The predicted octanol–water partition coefficient (Wildman–Crippen LogP) is 3.76. The number of hydrogen-bond acceptors (Lipinski definition) is 6. The molecule has 34 heavy (non-hydrogen) atoms. The number of hydrogen-bond donors (Lipinski definition) is 1. The number of aromatic nitrogens is 6. The number of fused-ring (bicyclic) bond motifs is 1. The van der Waals surface area contributed by atoms with Gasteiger partial charge in [-0.2, -0.15) is 10.4 Å². The molecule has 0 aliphatic heterocycles. The largest absolute Gasteiger partial charge is 0.330 e. The van der Waals surface area contributed by atoms with Gasteiger partial charge in [-0.05, 0) is 55.5 Å². The fraction of sp³-hybridized carbons (Fsp3) is 0.0833. The number of nitrogens with zero attached hydrogens (tertiary/aromatic N) is 7. The van der Waals surface area contributed by atoms with Gasteiger partial charge in [0, 0.05) is 18.8 Å². The molecule has 5 rings (SSSR count). The summed E-state index contributed by atoms with van der Waals surface area (Å²) in [7, 11) is 1.89. The number of aryl methyl sites for hydroxylation is 1. The summed E-state index contributed by atoms with van der Waals surface area (Å²) in [6.07, 6.45) is 2.94. The maximum atomic E-state index is 13.4. The zero-order valence-electron chi connectivity index (χ0n) is 18.2. The van der Waals surface area contributed by atoms with E-state index in [1.807, 2.05) is 30.7 Å². The summed E-state index contributed by atoms with van der Waals surface area (Å²) in [5, 5.41) is 16.2. The van der Waals surface area contributed by atoms with Crippen molar-refractivity contribution in [2.45, 2.75) is 6.92 Å². The van der Waals surface area contributed by atoms with Crippen LogP contribution in [0.3, 0.4) is 0 Å². The molecule has 5 aromatic rings. The predicted molar refractivity (Wildman–Crippen MR) is 122 cm³/mol. The lowest BCUT2D eigenvalue weighted by Crippen LogP contribution is -2.12.